The van der Waals surface area contributed by atoms with E-state index in [9.17, 15) is 5.11 Å². The van der Waals surface area contributed by atoms with Crippen LogP contribution in [0.4, 0.5) is 5.69 Å². The molecule has 1 rings (SSSR count). The average Bonchev–Trinajstić information content (AvgIpc) is 2.47. The Hall–Kier alpha value is -1.10. The zero-order valence-electron chi connectivity index (χ0n) is 12.6. The van der Waals surface area contributed by atoms with Crippen LogP contribution in [-0.4, -0.2) is 44.2 Å². The van der Waals surface area contributed by atoms with E-state index < -0.39 is 6.10 Å². The third-order valence-electron chi connectivity index (χ3n) is 2.92. The molecule has 0 aromatic heterocycles. The summed E-state index contributed by atoms with van der Waals surface area (Å²) in [5.41, 5.74) is 2.37. The third-order valence-corrected chi connectivity index (χ3v) is 2.92. The molecule has 4 heteroatoms. The molecule has 0 heterocycles. The Labute approximate surface area is 122 Å². The average molecular weight is 281 g/mol. The molecule has 1 aromatic rings. The lowest BCUT2D eigenvalue weighted by Crippen LogP contribution is -2.25. The molecule has 0 aliphatic carbocycles. The Morgan fingerprint density at radius 2 is 1.80 bits per heavy atom. The molecule has 0 fully saturated rings. The number of aryl methyl sites for hydroxylation is 1. The summed E-state index contributed by atoms with van der Waals surface area (Å²) in [5, 5.41) is 13.0. The highest BCUT2D eigenvalue weighted by atomic mass is 16.5. The third kappa shape index (κ3) is 7.48. The largest absolute Gasteiger partial charge is 0.389 e. The Kier molecular flexibility index (Phi) is 9.04. The monoisotopic (exact) mass is 281 g/mol. The van der Waals surface area contributed by atoms with Gasteiger partial charge in [-0.25, -0.2) is 0 Å². The fourth-order valence-electron chi connectivity index (χ4n) is 1.85. The maximum Gasteiger partial charge on any atom is 0.0945 e. The highest BCUT2D eigenvalue weighted by molar-refractivity contribution is 5.44. The Morgan fingerprint density at radius 3 is 2.45 bits per heavy atom. The molecule has 4 nitrogen and oxygen atoms in total. The fraction of sp³-hybridized carbons (Fsp3) is 0.625. The van der Waals surface area contributed by atoms with Gasteiger partial charge in [0, 0.05) is 18.8 Å². The van der Waals surface area contributed by atoms with Gasteiger partial charge in [0.15, 0.2) is 0 Å². The Bertz CT molecular complexity index is 340. The van der Waals surface area contributed by atoms with Gasteiger partial charge in [0.05, 0.1) is 25.9 Å². The molecule has 0 aliphatic rings. The Balaban J connectivity index is 2.15. The maximum atomic E-state index is 9.78. The predicted octanol–water partition coefficient (Wildman–Crippen LogP) is 2.47. The molecule has 0 spiro atoms. The number of aliphatic hydroxyl groups excluding tert-OH is 1. The lowest BCUT2D eigenvalue weighted by molar-refractivity contribution is 0.0103. The second kappa shape index (κ2) is 10.7. The minimum atomic E-state index is -0.507. The van der Waals surface area contributed by atoms with Gasteiger partial charge in [0.25, 0.3) is 0 Å². The first-order valence-electron chi connectivity index (χ1n) is 7.42. The lowest BCUT2D eigenvalue weighted by atomic mass is 10.1. The normalized spacial score (nSPS) is 12.3. The first-order chi connectivity index (χ1) is 9.76. The maximum absolute atomic E-state index is 9.78. The summed E-state index contributed by atoms with van der Waals surface area (Å²) in [6.45, 7) is 6.74. The van der Waals surface area contributed by atoms with Gasteiger partial charge in [-0.2, -0.15) is 0 Å². The SMILES string of the molecule is CCCc1ccc(NCC(O)COCCOCC)cc1. The van der Waals surface area contributed by atoms with E-state index in [1.165, 1.54) is 5.56 Å². The number of rotatable bonds is 11. The van der Waals surface area contributed by atoms with Crippen LogP contribution in [-0.2, 0) is 15.9 Å². The summed E-state index contributed by atoms with van der Waals surface area (Å²) in [6.07, 6.45) is 1.76. The van der Waals surface area contributed by atoms with Crippen LogP contribution >= 0.6 is 0 Å². The number of hydrogen-bond donors (Lipinski definition) is 2. The number of hydrogen-bond acceptors (Lipinski definition) is 4. The molecule has 2 N–H and O–H groups in total. The van der Waals surface area contributed by atoms with Crippen molar-refractivity contribution in [3.63, 3.8) is 0 Å². The molecular formula is C16H27NO3. The fourth-order valence-corrected chi connectivity index (χ4v) is 1.85. The van der Waals surface area contributed by atoms with E-state index in [1.54, 1.807) is 0 Å². The summed E-state index contributed by atoms with van der Waals surface area (Å²) in [6, 6.07) is 8.34. The number of benzene rings is 1. The minimum absolute atomic E-state index is 0.327. The molecule has 0 bridgehead atoms. The van der Waals surface area contributed by atoms with Crippen molar-refractivity contribution in [3.05, 3.63) is 29.8 Å². The van der Waals surface area contributed by atoms with Crippen molar-refractivity contribution in [3.8, 4) is 0 Å². The van der Waals surface area contributed by atoms with Crippen molar-refractivity contribution in [1.82, 2.24) is 0 Å². The van der Waals surface area contributed by atoms with E-state index in [4.69, 9.17) is 9.47 Å². The number of nitrogens with one attached hydrogen (secondary N) is 1. The molecule has 0 radical (unpaired) electrons. The summed E-state index contributed by atoms with van der Waals surface area (Å²) >= 11 is 0. The molecule has 1 atom stereocenters. The van der Waals surface area contributed by atoms with Crippen LogP contribution in [0.25, 0.3) is 0 Å². The molecule has 20 heavy (non-hydrogen) atoms. The zero-order chi connectivity index (χ0) is 14.6. The predicted molar refractivity (Wildman–Crippen MR) is 82.2 cm³/mol. The van der Waals surface area contributed by atoms with Crippen LogP contribution in [0.2, 0.25) is 0 Å². The van der Waals surface area contributed by atoms with Gasteiger partial charge >= 0.3 is 0 Å². The summed E-state index contributed by atoms with van der Waals surface area (Å²) < 4.78 is 10.5. The molecule has 0 saturated heterocycles. The first-order valence-corrected chi connectivity index (χ1v) is 7.42. The van der Waals surface area contributed by atoms with Crippen molar-refractivity contribution in [2.24, 2.45) is 0 Å². The molecule has 0 saturated carbocycles. The van der Waals surface area contributed by atoms with Crippen LogP contribution < -0.4 is 5.32 Å². The van der Waals surface area contributed by atoms with Crippen molar-refractivity contribution >= 4 is 5.69 Å². The molecule has 114 valence electrons. The van der Waals surface area contributed by atoms with Gasteiger partial charge in [-0.1, -0.05) is 25.5 Å². The molecule has 0 aliphatic heterocycles. The van der Waals surface area contributed by atoms with Crippen LogP contribution in [0.5, 0.6) is 0 Å². The topological polar surface area (TPSA) is 50.7 Å². The first kappa shape index (κ1) is 17.0. The second-order valence-corrected chi connectivity index (χ2v) is 4.75. The summed E-state index contributed by atoms with van der Waals surface area (Å²) in [5.74, 6) is 0. The quantitative estimate of drug-likeness (QED) is 0.612. The standard InChI is InChI=1S/C16H27NO3/c1-3-5-14-6-8-15(9-7-14)17-12-16(18)13-20-11-10-19-4-2/h6-9,16-18H,3-5,10-13H2,1-2H3. The van der Waals surface area contributed by atoms with Crippen molar-refractivity contribution in [2.75, 3.05) is 38.3 Å². The van der Waals surface area contributed by atoms with Crippen molar-refractivity contribution < 1.29 is 14.6 Å². The van der Waals surface area contributed by atoms with Gasteiger partial charge in [-0.3, -0.25) is 0 Å². The number of anilines is 1. The smallest absolute Gasteiger partial charge is 0.0945 e. The number of aliphatic hydroxyl groups is 1. The second-order valence-electron chi connectivity index (χ2n) is 4.75. The molecule has 1 aromatic carbocycles. The van der Waals surface area contributed by atoms with Crippen LogP contribution in [0.15, 0.2) is 24.3 Å². The molecule has 1 unspecified atom stereocenters. The van der Waals surface area contributed by atoms with Crippen LogP contribution in [0.3, 0.4) is 0 Å². The summed E-state index contributed by atoms with van der Waals surface area (Å²) in [7, 11) is 0. The van der Waals surface area contributed by atoms with Gasteiger partial charge in [-0.15, -0.1) is 0 Å². The lowest BCUT2D eigenvalue weighted by Gasteiger charge is -2.13. The van der Waals surface area contributed by atoms with E-state index >= 15 is 0 Å². The van der Waals surface area contributed by atoms with Crippen molar-refractivity contribution in [2.45, 2.75) is 32.8 Å². The van der Waals surface area contributed by atoms with E-state index in [1.807, 2.05) is 19.1 Å². The van der Waals surface area contributed by atoms with Crippen LogP contribution in [0, 0.1) is 0 Å². The van der Waals surface area contributed by atoms with Gasteiger partial charge in [-0.05, 0) is 31.0 Å². The van der Waals surface area contributed by atoms with E-state index in [-0.39, 0.29) is 0 Å². The van der Waals surface area contributed by atoms with E-state index in [0.29, 0.717) is 33.0 Å². The van der Waals surface area contributed by atoms with Gasteiger partial charge in [0.1, 0.15) is 0 Å². The highest BCUT2D eigenvalue weighted by Gasteiger charge is 2.04. The van der Waals surface area contributed by atoms with Crippen molar-refractivity contribution in [1.29, 1.82) is 0 Å². The highest BCUT2D eigenvalue weighted by Crippen LogP contribution is 2.10. The van der Waals surface area contributed by atoms with E-state index in [2.05, 4.69) is 24.4 Å². The molecule has 0 amide bonds. The molecular weight excluding hydrogens is 254 g/mol. The number of ether oxygens (including phenoxy) is 2. The van der Waals surface area contributed by atoms with Crippen LogP contribution in [0.1, 0.15) is 25.8 Å². The minimum Gasteiger partial charge on any atom is -0.389 e. The van der Waals surface area contributed by atoms with Gasteiger partial charge in [0.2, 0.25) is 0 Å². The summed E-state index contributed by atoms with van der Waals surface area (Å²) in [4.78, 5) is 0. The van der Waals surface area contributed by atoms with E-state index in [0.717, 1.165) is 18.5 Å². The zero-order valence-corrected chi connectivity index (χ0v) is 12.6. The Morgan fingerprint density at radius 1 is 1.10 bits per heavy atom. The van der Waals surface area contributed by atoms with Gasteiger partial charge < -0.3 is 19.9 Å².